The van der Waals surface area contributed by atoms with Gasteiger partial charge in [-0.25, -0.2) is 0 Å². The average molecular weight is 270 g/mol. The first-order valence-corrected chi connectivity index (χ1v) is 6.93. The molecule has 2 aliphatic rings. The van der Waals surface area contributed by atoms with Gasteiger partial charge in [0.25, 0.3) is 0 Å². The maximum atomic E-state index is 12.4. The Balaban J connectivity index is 2.02. The van der Waals surface area contributed by atoms with Crippen LogP contribution in [0, 0.1) is 0 Å². The number of carbonyl (C=O) groups is 2. The molecular weight excluding hydrogens is 248 g/mol. The number of hydrogen-bond acceptors (Lipinski definition) is 4. The summed E-state index contributed by atoms with van der Waals surface area (Å²) in [6.45, 7) is 5.80. The van der Waals surface area contributed by atoms with Crippen molar-refractivity contribution in [2.24, 2.45) is 0 Å². The molecule has 0 aromatic rings. The van der Waals surface area contributed by atoms with Crippen LogP contribution in [0.5, 0.6) is 0 Å². The summed E-state index contributed by atoms with van der Waals surface area (Å²) in [6, 6.07) is -0.829. The highest BCUT2D eigenvalue weighted by Crippen LogP contribution is 2.15. The molecule has 0 aromatic carbocycles. The summed E-state index contributed by atoms with van der Waals surface area (Å²) in [5.41, 5.74) is 0. The van der Waals surface area contributed by atoms with Crippen LogP contribution < -0.4 is 5.32 Å². The smallest absolute Gasteiger partial charge is 0.245 e. The lowest BCUT2D eigenvalue weighted by molar-refractivity contribution is -0.155. The van der Waals surface area contributed by atoms with Gasteiger partial charge in [-0.2, -0.15) is 0 Å². The highest BCUT2D eigenvalue weighted by molar-refractivity contribution is 5.96. The van der Waals surface area contributed by atoms with Gasteiger partial charge in [-0.3, -0.25) is 9.59 Å². The number of nitrogens with zero attached hydrogens (tertiary/aromatic N) is 1. The summed E-state index contributed by atoms with van der Waals surface area (Å²) < 4.78 is 10.9. The summed E-state index contributed by atoms with van der Waals surface area (Å²) in [7, 11) is 0. The van der Waals surface area contributed by atoms with Crippen molar-refractivity contribution in [3.8, 4) is 0 Å². The predicted octanol–water partition coefficient (Wildman–Crippen LogP) is -0.0826. The Morgan fingerprint density at radius 1 is 1.37 bits per heavy atom. The van der Waals surface area contributed by atoms with Crippen LogP contribution in [0.2, 0.25) is 0 Å². The van der Waals surface area contributed by atoms with Gasteiger partial charge in [-0.15, -0.1) is 0 Å². The summed E-state index contributed by atoms with van der Waals surface area (Å²) >= 11 is 0. The molecule has 2 amide bonds. The second-order valence-electron chi connectivity index (χ2n) is 5.08. The number of nitrogens with one attached hydrogen (secondary N) is 1. The van der Waals surface area contributed by atoms with E-state index in [4.69, 9.17) is 9.47 Å². The van der Waals surface area contributed by atoms with Crippen LogP contribution in [0.3, 0.4) is 0 Å². The molecule has 19 heavy (non-hydrogen) atoms. The fourth-order valence-corrected chi connectivity index (χ4v) is 2.48. The Labute approximate surface area is 113 Å². The van der Waals surface area contributed by atoms with E-state index in [0.717, 1.165) is 6.42 Å². The first-order chi connectivity index (χ1) is 9.13. The number of amides is 2. The molecule has 2 rings (SSSR count). The zero-order valence-electron chi connectivity index (χ0n) is 11.6. The minimum Gasteiger partial charge on any atom is -0.376 e. The highest BCUT2D eigenvalue weighted by atomic mass is 16.6. The average Bonchev–Trinajstić information content (AvgIpc) is 2.42. The Hall–Kier alpha value is -1.14. The summed E-state index contributed by atoms with van der Waals surface area (Å²) in [6.07, 6.45) is 1.41. The third-order valence-electron chi connectivity index (χ3n) is 3.61. The molecule has 2 aliphatic heterocycles. The maximum absolute atomic E-state index is 12.4. The second-order valence-corrected chi connectivity index (χ2v) is 5.08. The molecule has 108 valence electrons. The zero-order valence-corrected chi connectivity index (χ0v) is 11.6. The normalized spacial score (nSPS) is 32.3. The lowest BCUT2D eigenvalue weighted by Crippen LogP contribution is -2.63. The molecule has 0 spiro atoms. The number of piperazine rings is 1. The van der Waals surface area contributed by atoms with Crippen LogP contribution in [0.15, 0.2) is 0 Å². The van der Waals surface area contributed by atoms with E-state index < -0.39 is 12.1 Å². The van der Waals surface area contributed by atoms with E-state index in [1.165, 1.54) is 0 Å². The maximum Gasteiger partial charge on any atom is 0.245 e. The van der Waals surface area contributed by atoms with E-state index in [1.807, 2.05) is 6.92 Å². The van der Waals surface area contributed by atoms with Crippen LogP contribution in [-0.4, -0.2) is 61.3 Å². The molecular formula is C13H22N2O4. The van der Waals surface area contributed by atoms with E-state index in [1.54, 1.807) is 11.8 Å². The molecule has 0 bridgehead atoms. The minimum atomic E-state index is -0.439. The third-order valence-corrected chi connectivity index (χ3v) is 3.61. The van der Waals surface area contributed by atoms with Gasteiger partial charge in [-0.05, 0) is 13.3 Å². The first-order valence-electron chi connectivity index (χ1n) is 6.93. The third kappa shape index (κ3) is 3.25. The van der Waals surface area contributed by atoms with Crippen molar-refractivity contribution in [1.29, 1.82) is 0 Å². The molecule has 0 saturated carbocycles. The van der Waals surface area contributed by atoms with Gasteiger partial charge in [0.05, 0.1) is 32.5 Å². The quantitative estimate of drug-likeness (QED) is 0.775. The summed E-state index contributed by atoms with van der Waals surface area (Å²) in [4.78, 5) is 25.9. The lowest BCUT2D eigenvalue weighted by Gasteiger charge is -2.39. The predicted molar refractivity (Wildman–Crippen MR) is 68.6 cm³/mol. The number of rotatable bonds is 4. The fourth-order valence-electron chi connectivity index (χ4n) is 2.48. The molecule has 6 nitrogen and oxygen atoms in total. The van der Waals surface area contributed by atoms with Gasteiger partial charge in [0.15, 0.2) is 0 Å². The van der Waals surface area contributed by atoms with Crippen LogP contribution >= 0.6 is 0 Å². The van der Waals surface area contributed by atoms with Crippen molar-refractivity contribution in [2.45, 2.75) is 44.9 Å². The van der Waals surface area contributed by atoms with Crippen molar-refractivity contribution >= 4 is 11.8 Å². The van der Waals surface area contributed by atoms with Gasteiger partial charge in [-0.1, -0.05) is 13.3 Å². The topological polar surface area (TPSA) is 67.9 Å². The standard InChI is InChI=1S/C13H22N2O4/c1-3-4-11-13(17)15(9(2)12(16)14-11)7-10-8-18-5-6-19-10/h9-11H,3-8H2,1-2H3,(H,14,16). The van der Waals surface area contributed by atoms with E-state index in [9.17, 15) is 9.59 Å². The SMILES string of the molecule is CCCC1NC(=O)C(C)N(CC2COCCO2)C1=O. The van der Waals surface area contributed by atoms with E-state index in [0.29, 0.717) is 32.8 Å². The van der Waals surface area contributed by atoms with Gasteiger partial charge in [0.1, 0.15) is 12.1 Å². The van der Waals surface area contributed by atoms with Crippen molar-refractivity contribution in [3.63, 3.8) is 0 Å². The molecule has 0 radical (unpaired) electrons. The van der Waals surface area contributed by atoms with E-state index in [-0.39, 0.29) is 17.9 Å². The molecule has 2 heterocycles. The summed E-state index contributed by atoms with van der Waals surface area (Å²) in [5, 5.41) is 2.78. The van der Waals surface area contributed by atoms with Crippen molar-refractivity contribution in [1.82, 2.24) is 10.2 Å². The molecule has 0 aliphatic carbocycles. The molecule has 6 heteroatoms. The molecule has 3 unspecified atom stereocenters. The van der Waals surface area contributed by atoms with Crippen LogP contribution in [0.4, 0.5) is 0 Å². The number of ether oxygens (including phenoxy) is 2. The van der Waals surface area contributed by atoms with Crippen molar-refractivity contribution < 1.29 is 19.1 Å². The number of carbonyl (C=O) groups excluding carboxylic acids is 2. The van der Waals surface area contributed by atoms with E-state index in [2.05, 4.69) is 5.32 Å². The fraction of sp³-hybridized carbons (Fsp3) is 0.846. The summed E-state index contributed by atoms with van der Waals surface area (Å²) in [5.74, 6) is -0.0992. The molecule has 1 N–H and O–H groups in total. The van der Waals surface area contributed by atoms with E-state index >= 15 is 0 Å². The minimum absolute atomic E-state index is 0.0110. The molecule has 2 saturated heterocycles. The Bertz CT molecular complexity index is 342. The Kier molecular flexibility index (Phi) is 4.76. The van der Waals surface area contributed by atoms with Gasteiger partial charge < -0.3 is 19.7 Å². The first kappa shape index (κ1) is 14.3. The Morgan fingerprint density at radius 2 is 2.16 bits per heavy atom. The van der Waals surface area contributed by atoms with Crippen LogP contribution in [-0.2, 0) is 19.1 Å². The number of hydrogen-bond donors (Lipinski definition) is 1. The molecule has 3 atom stereocenters. The Morgan fingerprint density at radius 3 is 2.79 bits per heavy atom. The van der Waals surface area contributed by atoms with Crippen molar-refractivity contribution in [2.75, 3.05) is 26.4 Å². The van der Waals surface area contributed by atoms with Crippen LogP contribution in [0.25, 0.3) is 0 Å². The molecule has 2 fully saturated rings. The molecule has 0 aromatic heterocycles. The van der Waals surface area contributed by atoms with Gasteiger partial charge in [0.2, 0.25) is 11.8 Å². The largest absolute Gasteiger partial charge is 0.376 e. The lowest BCUT2D eigenvalue weighted by atomic mass is 10.0. The van der Waals surface area contributed by atoms with Crippen molar-refractivity contribution in [3.05, 3.63) is 0 Å². The monoisotopic (exact) mass is 270 g/mol. The zero-order chi connectivity index (χ0) is 13.8. The second kappa shape index (κ2) is 6.34. The highest BCUT2D eigenvalue weighted by Gasteiger charge is 2.38. The van der Waals surface area contributed by atoms with Gasteiger partial charge in [0, 0.05) is 0 Å². The van der Waals surface area contributed by atoms with Gasteiger partial charge >= 0.3 is 0 Å². The van der Waals surface area contributed by atoms with Crippen LogP contribution in [0.1, 0.15) is 26.7 Å².